The Kier molecular flexibility index (Phi) is 7.56. The van der Waals surface area contributed by atoms with Crippen molar-refractivity contribution in [2.75, 3.05) is 6.54 Å². The molecule has 2 fully saturated rings. The average molecular weight is 569 g/mol. The van der Waals surface area contributed by atoms with E-state index >= 15 is 0 Å². The molecular formula is C33H32N2O7. The summed E-state index contributed by atoms with van der Waals surface area (Å²) in [6.07, 6.45) is 11.4. The quantitative estimate of drug-likeness (QED) is 0.212. The van der Waals surface area contributed by atoms with E-state index in [2.05, 4.69) is 4.98 Å². The highest BCUT2D eigenvalue weighted by atomic mass is 16.5. The van der Waals surface area contributed by atoms with Crippen LogP contribution in [0.3, 0.4) is 0 Å². The number of likely N-dealkylation sites (tertiary alicyclic amines) is 1. The first-order valence-electron chi connectivity index (χ1n) is 14.3. The molecule has 3 heterocycles. The number of nitrogens with zero attached hydrogens (tertiary/aromatic N) is 1. The highest BCUT2D eigenvalue weighted by Crippen LogP contribution is 2.42. The second kappa shape index (κ2) is 11.6. The predicted octanol–water partition coefficient (Wildman–Crippen LogP) is 6.32. The van der Waals surface area contributed by atoms with E-state index in [1.165, 1.54) is 35.8 Å². The van der Waals surface area contributed by atoms with Crippen molar-refractivity contribution in [3.63, 3.8) is 0 Å². The largest absolute Gasteiger partial charge is 0.488 e. The molecule has 4 aromatic rings. The Morgan fingerprint density at radius 2 is 1.79 bits per heavy atom. The third-order valence-electron chi connectivity index (χ3n) is 8.32. The van der Waals surface area contributed by atoms with Crippen LogP contribution in [0.2, 0.25) is 0 Å². The molecule has 1 unspecified atom stereocenters. The first kappa shape index (κ1) is 27.4. The monoisotopic (exact) mass is 568 g/mol. The number of H-pyrrole nitrogens is 1. The van der Waals surface area contributed by atoms with Crippen LogP contribution in [0.25, 0.3) is 28.2 Å². The summed E-state index contributed by atoms with van der Waals surface area (Å²) in [5, 5.41) is 19.8. The second-order valence-corrected chi connectivity index (χ2v) is 11.0. The van der Waals surface area contributed by atoms with E-state index in [-0.39, 0.29) is 18.9 Å². The van der Waals surface area contributed by atoms with Gasteiger partial charge in [0.25, 0.3) is 5.91 Å². The van der Waals surface area contributed by atoms with Crippen LogP contribution in [0.15, 0.2) is 71.6 Å². The zero-order valence-electron chi connectivity index (χ0n) is 23.0. The van der Waals surface area contributed by atoms with Crippen molar-refractivity contribution in [1.82, 2.24) is 9.88 Å². The van der Waals surface area contributed by atoms with E-state index in [9.17, 15) is 19.5 Å². The molecule has 2 aliphatic rings. The Labute approximate surface area is 242 Å². The number of carboxylic acids is 2. The number of carbonyl (C=O) groups excluding carboxylic acids is 1. The summed E-state index contributed by atoms with van der Waals surface area (Å²) in [5.41, 5.74) is 5.19. The number of ether oxygens (including phenoxy) is 1. The minimum absolute atomic E-state index is 0.132. The van der Waals surface area contributed by atoms with Crippen LogP contribution >= 0.6 is 0 Å². The van der Waals surface area contributed by atoms with E-state index in [1.54, 1.807) is 42.9 Å². The van der Waals surface area contributed by atoms with Gasteiger partial charge in [0.15, 0.2) is 0 Å². The molecule has 1 aliphatic heterocycles. The number of aromatic nitrogens is 1. The fourth-order valence-electron chi connectivity index (χ4n) is 6.33. The summed E-state index contributed by atoms with van der Waals surface area (Å²) < 4.78 is 11.4. The normalized spacial score (nSPS) is 19.5. The molecule has 216 valence electrons. The number of benzene rings is 2. The molecule has 0 bridgehead atoms. The van der Waals surface area contributed by atoms with Gasteiger partial charge in [-0.1, -0.05) is 37.5 Å². The summed E-state index contributed by atoms with van der Waals surface area (Å²) in [5.74, 6) is -1.53. The molecule has 42 heavy (non-hydrogen) atoms. The third kappa shape index (κ3) is 5.54. The number of hydrogen-bond donors (Lipinski definition) is 3. The van der Waals surface area contributed by atoms with Gasteiger partial charge in [-0.25, -0.2) is 9.59 Å². The van der Waals surface area contributed by atoms with Gasteiger partial charge in [0.1, 0.15) is 17.9 Å². The van der Waals surface area contributed by atoms with Gasteiger partial charge < -0.3 is 29.3 Å². The molecule has 1 saturated carbocycles. The predicted molar refractivity (Wildman–Crippen MR) is 156 cm³/mol. The summed E-state index contributed by atoms with van der Waals surface area (Å²) in [4.78, 5) is 41.5. The number of hydrogen-bond acceptors (Lipinski definition) is 5. The Balaban J connectivity index is 1.24. The molecule has 0 spiro atoms. The number of carbonyl (C=O) groups is 3. The van der Waals surface area contributed by atoms with Gasteiger partial charge in [0, 0.05) is 34.5 Å². The lowest BCUT2D eigenvalue weighted by Crippen LogP contribution is -2.40. The molecule has 1 saturated heterocycles. The summed E-state index contributed by atoms with van der Waals surface area (Å²) in [6, 6.07) is 13.3. The molecule has 9 nitrogen and oxygen atoms in total. The Morgan fingerprint density at radius 3 is 2.48 bits per heavy atom. The van der Waals surface area contributed by atoms with Crippen molar-refractivity contribution in [3.8, 4) is 17.0 Å². The maximum atomic E-state index is 13.7. The smallest absolute Gasteiger partial charge is 0.328 e. The fraction of sp³-hybridized carbons (Fsp3) is 0.303. The van der Waals surface area contributed by atoms with Crippen LogP contribution < -0.4 is 4.74 Å². The Hall–Kier alpha value is -4.79. The fourth-order valence-corrected chi connectivity index (χ4v) is 6.33. The minimum Gasteiger partial charge on any atom is -0.488 e. The zero-order chi connectivity index (χ0) is 29.2. The van der Waals surface area contributed by atoms with Crippen LogP contribution in [0, 0.1) is 0 Å². The minimum atomic E-state index is -1.08. The summed E-state index contributed by atoms with van der Waals surface area (Å²) >= 11 is 0. The van der Waals surface area contributed by atoms with E-state index in [1.807, 2.05) is 18.2 Å². The molecule has 3 N–H and O–H groups in total. The maximum absolute atomic E-state index is 13.7. The van der Waals surface area contributed by atoms with E-state index in [4.69, 9.17) is 14.3 Å². The van der Waals surface area contributed by atoms with Crippen molar-refractivity contribution in [3.05, 3.63) is 83.8 Å². The van der Waals surface area contributed by atoms with E-state index in [0.29, 0.717) is 22.8 Å². The first-order valence-corrected chi connectivity index (χ1v) is 14.3. The standard InChI is InChI=1S/C33H32N2O7/c36-29(37)13-8-20-6-10-24(11-7-20)42-25-17-28(33(39)40)35(18-25)32(38)22-9-12-26-27(16-22)34-31(23-14-15-41-19-23)30(26)21-4-2-1-3-5-21/h6-16,19,21,25,28,34H,1-5,17-18H2,(H,36,37)(H,39,40)/t25-,28?/m1/s1. The van der Waals surface area contributed by atoms with Gasteiger partial charge in [-0.05, 0) is 66.3 Å². The molecule has 2 aromatic carbocycles. The van der Waals surface area contributed by atoms with Crippen LogP contribution in [0.5, 0.6) is 5.75 Å². The molecule has 9 heteroatoms. The highest BCUT2D eigenvalue weighted by Gasteiger charge is 2.41. The molecule has 2 aromatic heterocycles. The molecule has 1 aliphatic carbocycles. The summed E-state index contributed by atoms with van der Waals surface area (Å²) in [7, 11) is 0. The Morgan fingerprint density at radius 1 is 1.00 bits per heavy atom. The number of aliphatic carboxylic acids is 2. The number of amides is 1. The zero-order valence-corrected chi connectivity index (χ0v) is 23.0. The second-order valence-electron chi connectivity index (χ2n) is 11.0. The van der Waals surface area contributed by atoms with Crippen molar-refractivity contribution in [2.45, 2.75) is 56.6 Å². The third-order valence-corrected chi connectivity index (χ3v) is 8.32. The number of fused-ring (bicyclic) bond motifs is 1. The van der Waals surface area contributed by atoms with Gasteiger partial charge in [-0.15, -0.1) is 0 Å². The van der Waals surface area contributed by atoms with Crippen molar-refractivity contribution in [2.24, 2.45) is 0 Å². The van der Waals surface area contributed by atoms with E-state index in [0.717, 1.165) is 41.1 Å². The number of rotatable bonds is 8. The van der Waals surface area contributed by atoms with Crippen molar-refractivity contribution in [1.29, 1.82) is 0 Å². The van der Waals surface area contributed by atoms with E-state index < -0.39 is 24.1 Å². The number of nitrogens with one attached hydrogen (secondary N) is 1. The SMILES string of the molecule is O=C(O)C=Cc1ccc(O[C@@H]2CC(C(=O)O)N(C(=O)c3ccc4c(C5CCCCC5)c(-c5ccoc5)[nH]c4c3)C2)cc1. The van der Waals surface area contributed by atoms with Gasteiger partial charge in [-0.2, -0.15) is 0 Å². The molecule has 0 radical (unpaired) electrons. The van der Waals surface area contributed by atoms with Crippen molar-refractivity contribution < 1.29 is 33.8 Å². The number of aromatic amines is 1. The molecule has 6 rings (SSSR count). The average Bonchev–Trinajstić information content (AvgIpc) is 3.75. The molecular weight excluding hydrogens is 536 g/mol. The van der Waals surface area contributed by atoms with Crippen LogP contribution in [-0.4, -0.2) is 56.6 Å². The topological polar surface area (TPSA) is 133 Å². The van der Waals surface area contributed by atoms with Gasteiger partial charge >= 0.3 is 11.9 Å². The van der Waals surface area contributed by atoms with Gasteiger partial charge in [0.05, 0.1) is 24.8 Å². The highest BCUT2D eigenvalue weighted by molar-refractivity contribution is 6.01. The lowest BCUT2D eigenvalue weighted by Gasteiger charge is -2.23. The van der Waals surface area contributed by atoms with Gasteiger partial charge in [-0.3, -0.25) is 4.79 Å². The van der Waals surface area contributed by atoms with Crippen molar-refractivity contribution >= 4 is 34.8 Å². The lowest BCUT2D eigenvalue weighted by atomic mass is 9.82. The van der Waals surface area contributed by atoms with Crippen LogP contribution in [0.1, 0.15) is 65.9 Å². The number of carboxylic acid groups (broad SMARTS) is 2. The molecule has 2 atom stereocenters. The van der Waals surface area contributed by atoms with Crippen LogP contribution in [-0.2, 0) is 9.59 Å². The first-order chi connectivity index (χ1) is 20.4. The molecule has 1 amide bonds. The van der Waals surface area contributed by atoms with Crippen LogP contribution in [0.4, 0.5) is 0 Å². The lowest BCUT2D eigenvalue weighted by molar-refractivity contribution is -0.141. The summed E-state index contributed by atoms with van der Waals surface area (Å²) in [6.45, 7) is 0.132. The number of furan rings is 1. The maximum Gasteiger partial charge on any atom is 0.328 e. The van der Waals surface area contributed by atoms with Gasteiger partial charge in [0.2, 0.25) is 0 Å². The Bertz CT molecular complexity index is 1630.